The molecule has 0 aromatic heterocycles. The van der Waals surface area contributed by atoms with Crippen LogP contribution in [-0.4, -0.2) is 58.9 Å². The number of hydrogen-bond acceptors (Lipinski definition) is 5. The first-order valence-corrected chi connectivity index (χ1v) is 24.7. The molecule has 9 heteroatoms. The van der Waals surface area contributed by atoms with Gasteiger partial charge in [-0.2, -0.15) is 0 Å². The van der Waals surface area contributed by atoms with Crippen molar-refractivity contribution in [2.45, 2.75) is 185 Å². The predicted octanol–water partition coefficient (Wildman–Crippen LogP) is 12.1. The van der Waals surface area contributed by atoms with Crippen molar-refractivity contribution in [1.29, 1.82) is 0 Å². The van der Waals surface area contributed by atoms with Crippen LogP contribution in [0.4, 0.5) is 0 Å². The van der Waals surface area contributed by atoms with Crippen molar-refractivity contribution in [3.63, 3.8) is 0 Å². The molecule has 0 bridgehead atoms. The van der Waals surface area contributed by atoms with Gasteiger partial charge in [0.05, 0.1) is 40.0 Å². The second kappa shape index (κ2) is 16.7. The fourth-order valence-corrected chi connectivity index (χ4v) is 15.3. The summed E-state index contributed by atoms with van der Waals surface area (Å²) < 4.78 is 36.5. The van der Waals surface area contributed by atoms with Crippen LogP contribution in [0.5, 0.6) is 0 Å². The molecular weight excluding hydrogens is 752 g/mol. The summed E-state index contributed by atoms with van der Waals surface area (Å²) in [6.07, 6.45) is 6.15. The van der Waals surface area contributed by atoms with Gasteiger partial charge in [-0.25, -0.2) is 0 Å². The second-order valence-electron chi connectivity index (χ2n) is 17.0. The average molecular weight is 819 g/mol. The van der Waals surface area contributed by atoms with E-state index in [1.807, 2.05) is 6.07 Å². The zero-order valence-electron chi connectivity index (χ0n) is 31.8. The number of ether oxygens (including phenoxy) is 3. The molecule has 0 saturated carbocycles. The van der Waals surface area contributed by atoms with Crippen LogP contribution in [-0.2, 0) is 29.7 Å². The molecule has 6 atom stereocenters. The summed E-state index contributed by atoms with van der Waals surface area (Å²) in [4.78, 5) is 0. The standard InChI is InChI=1S/C38H66Br2O5Si2/c1-27(2)47(28(3)4,29(5)6)44-34-24-31(20-17-23-41-26-30-18-15-14-16-19-30)42-33-25-32(43-46(12,13)36(7,8)9)37(10,22-21-35(39)40)45-38(33,34)11/h14-16,18-19,21,27-29,31-34H,17,20,22-26H2,1-13H3/t31-,32-,33+,34-,37+,38+/m0/s1. The lowest BCUT2D eigenvalue weighted by molar-refractivity contribution is -0.321. The number of hydrogen-bond donors (Lipinski definition) is 0. The van der Waals surface area contributed by atoms with Crippen LogP contribution in [0.2, 0.25) is 34.8 Å². The molecule has 3 rings (SSSR count). The maximum Gasteiger partial charge on any atom is 0.200 e. The summed E-state index contributed by atoms with van der Waals surface area (Å²) in [7, 11) is -4.34. The first kappa shape index (κ1) is 41.6. The Balaban J connectivity index is 1.96. The van der Waals surface area contributed by atoms with Crippen molar-refractivity contribution in [3.05, 3.63) is 45.4 Å². The third kappa shape index (κ3) is 9.94. The van der Waals surface area contributed by atoms with E-state index in [9.17, 15) is 0 Å². The zero-order chi connectivity index (χ0) is 35.4. The molecule has 270 valence electrons. The Hall–Kier alpha value is 0.154. The van der Waals surface area contributed by atoms with E-state index < -0.39 is 27.8 Å². The molecule has 1 aromatic rings. The van der Waals surface area contributed by atoms with Crippen molar-refractivity contribution in [2.75, 3.05) is 6.61 Å². The molecule has 2 saturated heterocycles. The minimum atomic E-state index is -2.22. The SMILES string of the molecule is CC(C)[Si](O[C@H]1C[C@H](CCCOCc2ccccc2)O[C@@H]2C[C@H](O[Si](C)(C)C(C)(C)C)[C@@](C)(CC=C(Br)Br)O[C@@]12C)(C(C)C)C(C)C. The molecular formula is C38H66Br2O5Si2. The van der Waals surface area contributed by atoms with Crippen LogP contribution in [0.15, 0.2) is 39.8 Å². The summed E-state index contributed by atoms with van der Waals surface area (Å²) in [5.41, 5.74) is 1.50. The van der Waals surface area contributed by atoms with Crippen LogP contribution in [0.1, 0.15) is 114 Å². The van der Waals surface area contributed by atoms with E-state index >= 15 is 0 Å². The summed E-state index contributed by atoms with van der Waals surface area (Å²) >= 11 is 7.22. The summed E-state index contributed by atoms with van der Waals surface area (Å²) in [6.45, 7) is 31.7. The molecule has 1 aromatic carbocycles. The van der Waals surface area contributed by atoms with Crippen LogP contribution in [0.25, 0.3) is 0 Å². The van der Waals surface area contributed by atoms with Gasteiger partial charge in [0.25, 0.3) is 0 Å². The zero-order valence-corrected chi connectivity index (χ0v) is 36.9. The minimum absolute atomic E-state index is 0.0695. The van der Waals surface area contributed by atoms with Gasteiger partial charge in [-0.05, 0) is 105 Å². The molecule has 2 aliphatic rings. The van der Waals surface area contributed by atoms with Crippen molar-refractivity contribution >= 4 is 48.5 Å². The van der Waals surface area contributed by atoms with Crippen molar-refractivity contribution in [3.8, 4) is 0 Å². The topological polar surface area (TPSA) is 46.2 Å². The van der Waals surface area contributed by atoms with E-state index in [1.165, 1.54) is 5.56 Å². The van der Waals surface area contributed by atoms with Crippen molar-refractivity contribution < 1.29 is 23.1 Å². The Kier molecular flexibility index (Phi) is 14.7. The normalized spacial score (nSPS) is 29.0. The molecule has 2 fully saturated rings. The molecule has 0 N–H and O–H groups in total. The third-order valence-electron chi connectivity index (χ3n) is 11.6. The second-order valence-corrected chi connectivity index (χ2v) is 29.9. The lowest BCUT2D eigenvalue weighted by atomic mass is 9.75. The highest BCUT2D eigenvalue weighted by Crippen LogP contribution is 2.53. The molecule has 0 aliphatic carbocycles. The number of rotatable bonds is 15. The Morgan fingerprint density at radius 1 is 0.936 bits per heavy atom. The molecule has 0 unspecified atom stereocenters. The van der Waals surface area contributed by atoms with Crippen LogP contribution in [0, 0.1) is 0 Å². The Bertz CT molecular complexity index is 1130. The molecule has 0 radical (unpaired) electrons. The Labute approximate surface area is 307 Å². The van der Waals surface area contributed by atoms with E-state index in [-0.39, 0.29) is 29.5 Å². The molecule has 2 aliphatic heterocycles. The molecule has 2 heterocycles. The van der Waals surface area contributed by atoms with Crippen molar-refractivity contribution in [1.82, 2.24) is 0 Å². The lowest BCUT2D eigenvalue weighted by Crippen LogP contribution is -2.71. The highest BCUT2D eigenvalue weighted by molar-refractivity contribution is 9.28. The van der Waals surface area contributed by atoms with Gasteiger partial charge < -0.3 is 23.1 Å². The van der Waals surface area contributed by atoms with Gasteiger partial charge in [-0.3, -0.25) is 0 Å². The van der Waals surface area contributed by atoms with E-state index in [0.29, 0.717) is 29.8 Å². The van der Waals surface area contributed by atoms with Crippen LogP contribution < -0.4 is 0 Å². The fraction of sp³-hybridized carbons (Fsp3) is 0.789. The predicted molar refractivity (Wildman–Crippen MR) is 210 cm³/mol. The van der Waals surface area contributed by atoms with Gasteiger partial charge in [0, 0.05) is 19.4 Å². The molecule has 0 spiro atoms. The largest absolute Gasteiger partial charge is 0.411 e. The maximum absolute atomic E-state index is 7.70. The van der Waals surface area contributed by atoms with Crippen LogP contribution >= 0.6 is 31.9 Å². The molecule has 47 heavy (non-hydrogen) atoms. The smallest absolute Gasteiger partial charge is 0.200 e. The first-order chi connectivity index (χ1) is 21.7. The quantitative estimate of drug-likeness (QED) is 0.130. The van der Waals surface area contributed by atoms with Crippen LogP contribution in [0.3, 0.4) is 0 Å². The lowest BCUT2D eigenvalue weighted by Gasteiger charge is -2.61. The minimum Gasteiger partial charge on any atom is -0.411 e. The van der Waals surface area contributed by atoms with Gasteiger partial charge >= 0.3 is 0 Å². The number of benzene rings is 1. The maximum atomic E-state index is 7.70. The first-order valence-electron chi connectivity index (χ1n) is 18.0. The van der Waals surface area contributed by atoms with Gasteiger partial charge in [-0.1, -0.05) is 98.7 Å². The van der Waals surface area contributed by atoms with Gasteiger partial charge in [0.1, 0.15) is 5.60 Å². The summed E-state index contributed by atoms with van der Waals surface area (Å²) in [5.74, 6) is 0. The van der Waals surface area contributed by atoms with Crippen molar-refractivity contribution in [2.24, 2.45) is 0 Å². The fourth-order valence-electron chi connectivity index (χ4n) is 7.88. The highest BCUT2D eigenvalue weighted by Gasteiger charge is 2.62. The van der Waals surface area contributed by atoms with E-state index in [2.05, 4.69) is 151 Å². The monoisotopic (exact) mass is 816 g/mol. The Morgan fingerprint density at radius 3 is 2.06 bits per heavy atom. The van der Waals surface area contributed by atoms with E-state index in [1.54, 1.807) is 0 Å². The average Bonchev–Trinajstić information content (AvgIpc) is 2.95. The molecule has 0 amide bonds. The highest BCUT2D eigenvalue weighted by atomic mass is 79.9. The Morgan fingerprint density at radius 2 is 1.53 bits per heavy atom. The third-order valence-corrected chi connectivity index (χ3v) is 22.8. The van der Waals surface area contributed by atoms with E-state index in [4.69, 9.17) is 23.1 Å². The van der Waals surface area contributed by atoms with Gasteiger partial charge in [0.2, 0.25) is 8.32 Å². The number of fused-ring (bicyclic) bond motifs is 1. The number of halogens is 2. The summed E-state index contributed by atoms with van der Waals surface area (Å²) in [5, 5.41) is 0.0822. The van der Waals surface area contributed by atoms with Gasteiger partial charge in [-0.15, -0.1) is 0 Å². The molecule has 5 nitrogen and oxygen atoms in total. The van der Waals surface area contributed by atoms with E-state index in [0.717, 1.165) is 35.5 Å². The summed E-state index contributed by atoms with van der Waals surface area (Å²) in [6, 6.07) is 10.4. The van der Waals surface area contributed by atoms with Gasteiger partial charge in [0.15, 0.2) is 8.32 Å².